The van der Waals surface area contributed by atoms with E-state index in [-0.39, 0.29) is 0 Å². The number of rotatable bonds is 1. The molecule has 0 aromatic heterocycles. The van der Waals surface area contributed by atoms with Gasteiger partial charge in [-0.05, 0) is 61.4 Å². The highest BCUT2D eigenvalue weighted by Gasteiger charge is 2.28. The van der Waals surface area contributed by atoms with Crippen LogP contribution in [0, 0.1) is 20.8 Å². The predicted molar refractivity (Wildman–Crippen MR) is 99.0 cm³/mol. The van der Waals surface area contributed by atoms with E-state index in [0.717, 1.165) is 27.5 Å². The van der Waals surface area contributed by atoms with Crippen molar-refractivity contribution >= 4 is 37.9 Å². The topological polar surface area (TPSA) is 0 Å². The first-order chi connectivity index (χ1) is 9.91. The van der Waals surface area contributed by atoms with Crippen LogP contribution in [-0.2, 0) is 6.42 Å². The van der Waals surface area contributed by atoms with E-state index < -0.39 is 0 Å². The second-order valence-corrected chi connectivity index (χ2v) is 7.34. The first kappa shape index (κ1) is 15.4. The summed E-state index contributed by atoms with van der Waals surface area (Å²) in [5.41, 5.74) is 8.15. The highest BCUT2D eigenvalue weighted by atomic mass is 32.1. The van der Waals surface area contributed by atoms with Gasteiger partial charge in [-0.2, -0.15) is 0 Å². The van der Waals surface area contributed by atoms with Crippen molar-refractivity contribution in [1.29, 1.82) is 0 Å². The van der Waals surface area contributed by atoms with Crippen LogP contribution in [0.5, 0.6) is 0 Å². The second-order valence-electron chi connectivity index (χ2n) is 6.00. The molecular formula is C18H20S3. The van der Waals surface area contributed by atoms with E-state index in [1.54, 1.807) is 0 Å². The molecular weight excluding hydrogens is 312 g/mol. The van der Waals surface area contributed by atoms with Crippen molar-refractivity contribution in [3.63, 3.8) is 0 Å². The van der Waals surface area contributed by atoms with Crippen LogP contribution in [0.25, 0.3) is 0 Å². The van der Waals surface area contributed by atoms with Crippen molar-refractivity contribution in [1.82, 2.24) is 0 Å². The molecule has 0 nitrogen and oxygen atoms in total. The third kappa shape index (κ3) is 2.43. The summed E-state index contributed by atoms with van der Waals surface area (Å²) >= 11 is 14.0. The molecule has 2 aromatic carbocycles. The number of hydrogen-bond acceptors (Lipinski definition) is 3. The molecule has 1 atom stereocenters. The van der Waals surface area contributed by atoms with E-state index in [1.807, 2.05) is 0 Å². The summed E-state index contributed by atoms with van der Waals surface area (Å²) in [6.45, 7) is 6.47. The summed E-state index contributed by atoms with van der Waals surface area (Å²) in [6.07, 6.45) is 2.31. The lowest BCUT2D eigenvalue weighted by Crippen LogP contribution is -2.04. The Kier molecular flexibility index (Phi) is 4.10. The number of hydrogen-bond donors (Lipinski definition) is 3. The molecule has 0 aliphatic heterocycles. The molecule has 21 heavy (non-hydrogen) atoms. The number of thiol groups is 3. The number of fused-ring (bicyclic) bond motifs is 1. The maximum Gasteiger partial charge on any atom is 0.0314 e. The molecule has 1 aliphatic rings. The van der Waals surface area contributed by atoms with Crippen molar-refractivity contribution in [2.75, 3.05) is 0 Å². The Bertz CT molecular complexity index is 703. The Hall–Kier alpha value is -0.510. The van der Waals surface area contributed by atoms with Crippen molar-refractivity contribution in [2.24, 2.45) is 0 Å². The highest BCUT2D eigenvalue weighted by molar-refractivity contribution is 7.85. The van der Waals surface area contributed by atoms with Gasteiger partial charge in [-0.1, -0.05) is 23.8 Å². The van der Waals surface area contributed by atoms with E-state index >= 15 is 0 Å². The molecule has 2 aromatic rings. The normalized spacial score (nSPS) is 17.1. The fraction of sp³-hybridized carbons (Fsp3) is 0.333. The summed E-state index contributed by atoms with van der Waals surface area (Å²) in [7, 11) is 0. The summed E-state index contributed by atoms with van der Waals surface area (Å²) < 4.78 is 0. The molecule has 0 spiro atoms. The maximum atomic E-state index is 4.76. The molecule has 3 rings (SSSR count). The van der Waals surface area contributed by atoms with Gasteiger partial charge >= 0.3 is 0 Å². The number of benzene rings is 2. The van der Waals surface area contributed by atoms with Gasteiger partial charge in [0.2, 0.25) is 0 Å². The minimum Gasteiger partial charge on any atom is -0.142 e. The zero-order chi connectivity index (χ0) is 15.3. The van der Waals surface area contributed by atoms with Gasteiger partial charge in [0.25, 0.3) is 0 Å². The first-order valence-corrected chi connectivity index (χ1v) is 8.59. The summed E-state index contributed by atoms with van der Waals surface area (Å²) in [4.78, 5) is 2.84. The third-order valence-corrected chi connectivity index (χ3v) is 6.57. The van der Waals surface area contributed by atoms with Crippen molar-refractivity contribution in [3.05, 3.63) is 51.6 Å². The Morgan fingerprint density at radius 2 is 1.62 bits per heavy atom. The van der Waals surface area contributed by atoms with E-state index in [9.17, 15) is 0 Å². The maximum absolute atomic E-state index is 4.76. The Morgan fingerprint density at radius 3 is 2.33 bits per heavy atom. The lowest BCUT2D eigenvalue weighted by molar-refractivity contribution is 0.752. The minimum absolute atomic E-state index is 0.437. The molecule has 3 heteroatoms. The molecule has 0 saturated carbocycles. The largest absolute Gasteiger partial charge is 0.142 e. The van der Waals surface area contributed by atoms with Crippen LogP contribution in [0.1, 0.15) is 45.7 Å². The third-order valence-electron chi connectivity index (χ3n) is 4.75. The molecule has 110 valence electrons. The average molecular weight is 333 g/mol. The van der Waals surface area contributed by atoms with Crippen molar-refractivity contribution < 1.29 is 0 Å². The van der Waals surface area contributed by atoms with Crippen LogP contribution >= 0.6 is 37.9 Å². The molecule has 0 heterocycles. The summed E-state index contributed by atoms with van der Waals surface area (Å²) in [5.74, 6) is 0.437. The smallest absolute Gasteiger partial charge is 0.0314 e. The quantitative estimate of drug-likeness (QED) is 0.560. The SMILES string of the molecule is Cc1ccc2c(c1)CCC2c1c(C)c(C)c(S)c(S)c1S. The molecule has 0 amide bonds. The Labute approximate surface area is 143 Å². The van der Waals surface area contributed by atoms with E-state index in [0.29, 0.717) is 5.92 Å². The van der Waals surface area contributed by atoms with Crippen LogP contribution in [0.3, 0.4) is 0 Å². The minimum atomic E-state index is 0.437. The van der Waals surface area contributed by atoms with Crippen molar-refractivity contribution in [3.8, 4) is 0 Å². The Balaban J connectivity index is 2.21. The van der Waals surface area contributed by atoms with Gasteiger partial charge in [-0.3, -0.25) is 0 Å². The van der Waals surface area contributed by atoms with Crippen LogP contribution in [-0.4, -0.2) is 0 Å². The molecule has 0 radical (unpaired) electrons. The van der Waals surface area contributed by atoms with Gasteiger partial charge in [0, 0.05) is 20.6 Å². The van der Waals surface area contributed by atoms with E-state index in [1.165, 1.54) is 33.4 Å². The lowest BCUT2D eigenvalue weighted by atomic mass is 9.87. The fourth-order valence-electron chi connectivity index (χ4n) is 3.45. The van der Waals surface area contributed by atoms with Crippen LogP contribution in [0.2, 0.25) is 0 Å². The van der Waals surface area contributed by atoms with Crippen LogP contribution in [0.4, 0.5) is 0 Å². The van der Waals surface area contributed by atoms with Crippen LogP contribution in [0.15, 0.2) is 32.9 Å². The first-order valence-electron chi connectivity index (χ1n) is 7.25. The standard InChI is InChI=1S/C18H20S3/c1-9-4-6-13-12(8-9)5-7-14(13)15-10(2)11(3)16(19)18(21)17(15)20/h4,6,8,14,19-21H,5,7H2,1-3H3. The van der Waals surface area contributed by atoms with Crippen molar-refractivity contribution in [2.45, 2.75) is 54.2 Å². The monoisotopic (exact) mass is 332 g/mol. The van der Waals surface area contributed by atoms with Gasteiger partial charge in [-0.25, -0.2) is 0 Å². The Morgan fingerprint density at radius 1 is 0.905 bits per heavy atom. The second kappa shape index (κ2) is 5.60. The van der Waals surface area contributed by atoms with Gasteiger partial charge in [0.15, 0.2) is 0 Å². The fourth-order valence-corrected chi connectivity index (χ4v) is 4.54. The van der Waals surface area contributed by atoms with E-state index in [4.69, 9.17) is 12.6 Å². The molecule has 0 bridgehead atoms. The van der Waals surface area contributed by atoms with Gasteiger partial charge in [0.1, 0.15) is 0 Å². The van der Waals surface area contributed by atoms with Crippen LogP contribution < -0.4 is 0 Å². The van der Waals surface area contributed by atoms with Gasteiger partial charge in [0.05, 0.1) is 0 Å². The van der Waals surface area contributed by atoms with E-state index in [2.05, 4.69) is 64.2 Å². The van der Waals surface area contributed by atoms with Gasteiger partial charge in [-0.15, -0.1) is 37.9 Å². The molecule has 1 aliphatic carbocycles. The zero-order valence-electron chi connectivity index (χ0n) is 12.6. The van der Waals surface area contributed by atoms with Gasteiger partial charge < -0.3 is 0 Å². The highest BCUT2D eigenvalue weighted by Crippen LogP contribution is 2.45. The summed E-state index contributed by atoms with van der Waals surface area (Å²) in [5, 5.41) is 0. The summed E-state index contributed by atoms with van der Waals surface area (Å²) in [6, 6.07) is 6.83. The predicted octanol–water partition coefficient (Wildman–Crippen LogP) is 5.56. The number of aryl methyl sites for hydroxylation is 2. The molecule has 0 fully saturated rings. The lowest BCUT2D eigenvalue weighted by Gasteiger charge is -2.22. The molecule has 1 unspecified atom stereocenters. The molecule has 0 N–H and O–H groups in total. The molecule has 0 saturated heterocycles. The average Bonchev–Trinajstić information content (AvgIpc) is 2.86. The zero-order valence-corrected chi connectivity index (χ0v) is 15.2.